The van der Waals surface area contributed by atoms with Crippen molar-refractivity contribution in [1.82, 2.24) is 14.4 Å². The molecule has 8 heteroatoms. The molecule has 1 aromatic heterocycles. The standard InChI is InChI=1S/C21H25Cl2N3O2.ClH/c22-15-1-3-20-18(11-15)19-12-16(23)2-4-21(19)26(20)14-17(28)13-25-7-5-24(6-8-25)9-10-27;/h1-4,11-12,17,27-28H,5-10,13-14H2;1H. The molecule has 1 atom stereocenters. The van der Waals surface area contributed by atoms with Crippen LogP contribution in [0.3, 0.4) is 0 Å². The maximum atomic E-state index is 10.8. The van der Waals surface area contributed by atoms with Gasteiger partial charge >= 0.3 is 0 Å². The van der Waals surface area contributed by atoms with Crippen molar-refractivity contribution in [3.8, 4) is 0 Å². The fourth-order valence-corrected chi connectivity index (χ4v) is 4.49. The van der Waals surface area contributed by atoms with Crippen LogP contribution in [0.5, 0.6) is 0 Å². The van der Waals surface area contributed by atoms with Crippen LogP contribution in [0.4, 0.5) is 0 Å². The fraction of sp³-hybridized carbons (Fsp3) is 0.429. The smallest absolute Gasteiger partial charge is 0.0845 e. The van der Waals surface area contributed by atoms with Gasteiger partial charge in [0.15, 0.2) is 0 Å². The highest BCUT2D eigenvalue weighted by Crippen LogP contribution is 2.33. The summed E-state index contributed by atoms with van der Waals surface area (Å²) < 4.78 is 2.16. The second-order valence-electron chi connectivity index (χ2n) is 7.45. The van der Waals surface area contributed by atoms with E-state index in [1.165, 1.54) is 0 Å². The van der Waals surface area contributed by atoms with Crippen LogP contribution in [0.15, 0.2) is 36.4 Å². The van der Waals surface area contributed by atoms with Crippen LogP contribution in [0.1, 0.15) is 0 Å². The Labute approximate surface area is 186 Å². The van der Waals surface area contributed by atoms with Crippen molar-refractivity contribution in [1.29, 1.82) is 0 Å². The quantitative estimate of drug-likeness (QED) is 0.594. The lowest BCUT2D eigenvalue weighted by Crippen LogP contribution is -2.49. The van der Waals surface area contributed by atoms with Gasteiger partial charge in [0, 0.05) is 71.1 Å². The molecule has 5 nitrogen and oxygen atoms in total. The van der Waals surface area contributed by atoms with E-state index in [0.717, 1.165) is 54.5 Å². The van der Waals surface area contributed by atoms with Crippen molar-refractivity contribution in [3.05, 3.63) is 46.4 Å². The van der Waals surface area contributed by atoms with E-state index in [-0.39, 0.29) is 19.0 Å². The summed E-state index contributed by atoms with van der Waals surface area (Å²) in [5.74, 6) is 0. The van der Waals surface area contributed by atoms with Gasteiger partial charge < -0.3 is 14.8 Å². The van der Waals surface area contributed by atoms with E-state index in [1.807, 2.05) is 36.4 Å². The Morgan fingerprint density at radius 3 is 1.86 bits per heavy atom. The van der Waals surface area contributed by atoms with Crippen LogP contribution in [0, 0.1) is 0 Å². The normalized spacial score (nSPS) is 17.0. The Hall–Kier alpha value is -1.05. The van der Waals surface area contributed by atoms with Crippen molar-refractivity contribution in [3.63, 3.8) is 0 Å². The lowest BCUT2D eigenvalue weighted by atomic mass is 10.1. The maximum absolute atomic E-state index is 10.8. The number of aliphatic hydroxyl groups is 2. The van der Waals surface area contributed by atoms with Crippen molar-refractivity contribution >= 4 is 57.4 Å². The van der Waals surface area contributed by atoms with Crippen molar-refractivity contribution in [2.24, 2.45) is 0 Å². The summed E-state index contributed by atoms with van der Waals surface area (Å²) >= 11 is 12.4. The number of nitrogens with zero attached hydrogens (tertiary/aromatic N) is 3. The van der Waals surface area contributed by atoms with Gasteiger partial charge in [-0.1, -0.05) is 23.2 Å². The number of hydrogen-bond donors (Lipinski definition) is 2. The molecule has 0 spiro atoms. The van der Waals surface area contributed by atoms with Crippen LogP contribution in [-0.2, 0) is 6.54 Å². The number of piperazine rings is 1. The number of aliphatic hydroxyl groups excluding tert-OH is 2. The van der Waals surface area contributed by atoms with Crippen LogP contribution in [-0.4, -0.2) is 76.6 Å². The topological polar surface area (TPSA) is 51.9 Å². The number of aromatic nitrogens is 1. The third-order valence-electron chi connectivity index (χ3n) is 5.53. The molecule has 1 aliphatic heterocycles. The van der Waals surface area contributed by atoms with Crippen molar-refractivity contribution in [2.75, 3.05) is 45.9 Å². The third kappa shape index (κ3) is 5.00. The lowest BCUT2D eigenvalue weighted by molar-refractivity contribution is 0.0601. The predicted molar refractivity (Wildman–Crippen MR) is 123 cm³/mol. The minimum absolute atomic E-state index is 0. The van der Waals surface area contributed by atoms with E-state index < -0.39 is 6.10 Å². The van der Waals surface area contributed by atoms with E-state index in [0.29, 0.717) is 23.1 Å². The summed E-state index contributed by atoms with van der Waals surface area (Å²) in [6.45, 7) is 5.76. The zero-order valence-corrected chi connectivity index (χ0v) is 18.4. The summed E-state index contributed by atoms with van der Waals surface area (Å²) in [4.78, 5) is 4.55. The van der Waals surface area contributed by atoms with Gasteiger partial charge in [0.25, 0.3) is 0 Å². The zero-order chi connectivity index (χ0) is 19.7. The van der Waals surface area contributed by atoms with Gasteiger partial charge in [0.1, 0.15) is 0 Å². The summed E-state index contributed by atoms with van der Waals surface area (Å²) in [5.41, 5.74) is 2.10. The minimum Gasteiger partial charge on any atom is -0.395 e. The molecule has 1 aliphatic rings. The molecule has 2 heterocycles. The number of halogens is 3. The molecule has 1 saturated heterocycles. The summed E-state index contributed by atoms with van der Waals surface area (Å²) in [6.07, 6.45) is -0.477. The second kappa shape index (κ2) is 9.84. The molecular weight excluding hydrogens is 433 g/mol. The van der Waals surface area contributed by atoms with Crippen LogP contribution in [0.2, 0.25) is 10.0 Å². The maximum Gasteiger partial charge on any atom is 0.0845 e. The Kier molecular flexibility index (Phi) is 7.68. The van der Waals surface area contributed by atoms with E-state index in [4.69, 9.17) is 28.3 Å². The molecule has 3 aromatic rings. The lowest BCUT2D eigenvalue weighted by Gasteiger charge is -2.35. The van der Waals surface area contributed by atoms with E-state index in [9.17, 15) is 5.11 Å². The molecule has 0 aliphatic carbocycles. The third-order valence-corrected chi connectivity index (χ3v) is 6.00. The fourth-order valence-electron chi connectivity index (χ4n) is 4.15. The van der Waals surface area contributed by atoms with Crippen LogP contribution in [0.25, 0.3) is 21.8 Å². The highest BCUT2D eigenvalue weighted by molar-refractivity contribution is 6.33. The van der Waals surface area contributed by atoms with E-state index >= 15 is 0 Å². The Morgan fingerprint density at radius 2 is 1.34 bits per heavy atom. The van der Waals surface area contributed by atoms with Gasteiger partial charge in [-0.3, -0.25) is 9.80 Å². The van der Waals surface area contributed by atoms with Gasteiger partial charge in [0.2, 0.25) is 0 Å². The zero-order valence-electron chi connectivity index (χ0n) is 16.1. The van der Waals surface area contributed by atoms with Gasteiger partial charge in [0.05, 0.1) is 19.3 Å². The summed E-state index contributed by atoms with van der Waals surface area (Å²) in [7, 11) is 0. The molecule has 0 radical (unpaired) electrons. The first-order chi connectivity index (χ1) is 13.5. The predicted octanol–water partition coefficient (Wildman–Crippen LogP) is 3.49. The molecule has 0 saturated carbocycles. The average Bonchev–Trinajstić information content (AvgIpc) is 2.96. The molecule has 29 heavy (non-hydrogen) atoms. The Bertz CT molecular complexity index is 911. The van der Waals surface area contributed by atoms with Gasteiger partial charge in [-0.25, -0.2) is 0 Å². The monoisotopic (exact) mass is 457 g/mol. The summed E-state index contributed by atoms with van der Waals surface area (Å²) in [6, 6.07) is 11.7. The minimum atomic E-state index is -0.477. The SMILES string of the molecule is Cl.OCCN1CCN(CC(O)Cn2c3ccc(Cl)cc3c3cc(Cl)ccc32)CC1. The first-order valence-corrected chi connectivity index (χ1v) is 10.4. The molecule has 4 rings (SSSR count). The van der Waals surface area contributed by atoms with Crippen molar-refractivity contribution in [2.45, 2.75) is 12.6 Å². The highest BCUT2D eigenvalue weighted by Gasteiger charge is 2.20. The van der Waals surface area contributed by atoms with Crippen LogP contribution >= 0.6 is 35.6 Å². The van der Waals surface area contributed by atoms with Gasteiger partial charge in [-0.05, 0) is 36.4 Å². The number of fused-ring (bicyclic) bond motifs is 3. The number of hydrogen-bond acceptors (Lipinski definition) is 4. The number of benzene rings is 2. The van der Waals surface area contributed by atoms with E-state index in [1.54, 1.807) is 0 Å². The molecule has 1 fully saturated rings. The molecular formula is C21H26Cl3N3O2. The van der Waals surface area contributed by atoms with Crippen molar-refractivity contribution < 1.29 is 10.2 Å². The van der Waals surface area contributed by atoms with Gasteiger partial charge in [-0.15, -0.1) is 12.4 Å². The molecule has 0 bridgehead atoms. The Morgan fingerprint density at radius 1 is 0.828 bits per heavy atom. The first-order valence-electron chi connectivity index (χ1n) is 9.66. The summed E-state index contributed by atoms with van der Waals surface area (Å²) in [5, 5.41) is 23.3. The largest absolute Gasteiger partial charge is 0.395 e. The highest BCUT2D eigenvalue weighted by atomic mass is 35.5. The molecule has 1 unspecified atom stereocenters. The number of β-amino-alcohol motifs (C(OH)–C–C–N with tert-alkyl or cyclic N) is 2. The first kappa shape index (κ1) is 22.6. The molecule has 2 N–H and O–H groups in total. The molecule has 2 aromatic carbocycles. The number of rotatable bonds is 6. The van der Waals surface area contributed by atoms with Gasteiger partial charge in [-0.2, -0.15) is 0 Å². The average molecular weight is 459 g/mol. The molecule has 158 valence electrons. The second-order valence-corrected chi connectivity index (χ2v) is 8.33. The van der Waals surface area contributed by atoms with E-state index in [2.05, 4.69) is 14.4 Å². The van der Waals surface area contributed by atoms with Crippen LogP contribution < -0.4 is 0 Å². The Balaban J connectivity index is 0.00000240. The molecule has 0 amide bonds.